The molecule has 1 saturated heterocycles. The monoisotopic (exact) mass is 554 g/mol. The van der Waals surface area contributed by atoms with Gasteiger partial charge >= 0.3 is 6.09 Å². The number of benzene rings is 1. The van der Waals surface area contributed by atoms with Crippen LogP contribution in [0.2, 0.25) is 5.02 Å². The van der Waals surface area contributed by atoms with E-state index in [2.05, 4.69) is 43.7 Å². The summed E-state index contributed by atoms with van der Waals surface area (Å²) in [7, 11) is 1.71. The van der Waals surface area contributed by atoms with Crippen LogP contribution in [-0.2, 0) is 22.3 Å². The van der Waals surface area contributed by atoms with E-state index in [0.717, 1.165) is 69.8 Å². The molecule has 1 amide bonds. The molecule has 5 atom stereocenters. The highest BCUT2D eigenvalue weighted by atomic mass is 35.5. The van der Waals surface area contributed by atoms with Crippen molar-refractivity contribution >= 4 is 35.1 Å². The first-order valence-electron chi connectivity index (χ1n) is 13.7. The van der Waals surface area contributed by atoms with Gasteiger partial charge in [0.15, 0.2) is 5.82 Å². The summed E-state index contributed by atoms with van der Waals surface area (Å²) in [5.41, 5.74) is 8.72. The zero-order valence-electron chi connectivity index (χ0n) is 22.1. The Morgan fingerprint density at radius 2 is 2.05 bits per heavy atom. The van der Waals surface area contributed by atoms with Crippen molar-refractivity contribution in [3.8, 4) is 5.75 Å². The van der Waals surface area contributed by atoms with Gasteiger partial charge in [0, 0.05) is 31.0 Å². The fourth-order valence-electron chi connectivity index (χ4n) is 6.66. The van der Waals surface area contributed by atoms with Gasteiger partial charge in [0.25, 0.3) is 0 Å². The number of ether oxygens (including phenoxy) is 3. The van der Waals surface area contributed by atoms with E-state index < -0.39 is 6.09 Å². The van der Waals surface area contributed by atoms with E-state index in [1.807, 2.05) is 6.07 Å². The normalized spacial score (nSPS) is 28.0. The molecule has 0 spiro atoms. The molecule has 208 valence electrons. The standard InChI is InChI=1S/C28H35ClN6O4/c1-37-25-20-4-2-3-19(35-9-11-38-12-10-35)14-16(20)7-8-22(25)32-28-31-15-21(29)26(34-28)33-23-17-5-6-18(13-17)24(23)39-27(30)36/h5-8,15,17-19,23-24H,2-4,9-14H2,1H3,(H2,30,36)(H2,31,32,33,34)/t17-,18+,19?,23+,24-/m0/s1. The van der Waals surface area contributed by atoms with Gasteiger partial charge in [0.2, 0.25) is 5.95 Å². The van der Waals surface area contributed by atoms with E-state index >= 15 is 0 Å². The first-order valence-corrected chi connectivity index (χ1v) is 14.1. The van der Waals surface area contributed by atoms with Crippen molar-refractivity contribution in [2.75, 3.05) is 44.0 Å². The number of rotatable bonds is 7. The van der Waals surface area contributed by atoms with Gasteiger partial charge in [-0.05, 0) is 49.3 Å². The molecule has 4 aliphatic rings. The van der Waals surface area contributed by atoms with Crippen LogP contribution in [0, 0.1) is 11.8 Å². The summed E-state index contributed by atoms with van der Waals surface area (Å²) in [6, 6.07) is 4.59. The predicted molar refractivity (Wildman–Crippen MR) is 149 cm³/mol. The summed E-state index contributed by atoms with van der Waals surface area (Å²) in [4.78, 5) is 23.2. The topological polar surface area (TPSA) is 124 Å². The molecule has 6 rings (SSSR count). The highest BCUT2D eigenvalue weighted by Gasteiger charge is 2.47. The molecule has 2 heterocycles. The fraction of sp³-hybridized carbons (Fsp3) is 0.536. The Labute approximate surface area is 233 Å². The zero-order valence-corrected chi connectivity index (χ0v) is 22.8. The molecule has 2 fully saturated rings. The average Bonchev–Trinajstić information content (AvgIpc) is 3.46. The molecule has 2 aromatic rings. The number of halogens is 1. The van der Waals surface area contributed by atoms with Crippen LogP contribution in [0.25, 0.3) is 0 Å². The number of carbonyl (C=O) groups is 1. The molecule has 11 heteroatoms. The number of nitrogens with zero attached hydrogens (tertiary/aromatic N) is 3. The van der Waals surface area contributed by atoms with E-state index in [4.69, 9.17) is 31.5 Å². The molecule has 3 aliphatic carbocycles. The lowest BCUT2D eigenvalue weighted by Crippen LogP contribution is -2.44. The molecule has 1 aliphatic heterocycles. The first-order chi connectivity index (χ1) is 19.0. The van der Waals surface area contributed by atoms with Crippen LogP contribution in [0.5, 0.6) is 5.75 Å². The van der Waals surface area contributed by atoms with Crippen LogP contribution < -0.4 is 21.1 Å². The third-order valence-electron chi connectivity index (χ3n) is 8.48. The largest absolute Gasteiger partial charge is 0.494 e. The molecular weight excluding hydrogens is 520 g/mol. The maximum atomic E-state index is 11.5. The number of primary amides is 1. The summed E-state index contributed by atoms with van der Waals surface area (Å²) in [6.07, 6.45) is 9.76. The van der Waals surface area contributed by atoms with Crippen molar-refractivity contribution in [2.24, 2.45) is 17.6 Å². The molecule has 1 unspecified atom stereocenters. The number of nitrogens with two attached hydrogens (primary N) is 1. The minimum Gasteiger partial charge on any atom is -0.494 e. The smallest absolute Gasteiger partial charge is 0.404 e. The Balaban J connectivity index is 1.21. The van der Waals surface area contributed by atoms with Crippen LogP contribution in [0.15, 0.2) is 30.5 Å². The number of amides is 1. The van der Waals surface area contributed by atoms with Crippen LogP contribution in [0.3, 0.4) is 0 Å². The highest BCUT2D eigenvalue weighted by molar-refractivity contribution is 6.32. The number of hydrogen-bond donors (Lipinski definition) is 3. The number of methoxy groups -OCH3 is 1. The van der Waals surface area contributed by atoms with Gasteiger partial charge in [-0.3, -0.25) is 4.90 Å². The summed E-state index contributed by atoms with van der Waals surface area (Å²) in [5, 5.41) is 7.12. The summed E-state index contributed by atoms with van der Waals surface area (Å²) < 4.78 is 16.9. The summed E-state index contributed by atoms with van der Waals surface area (Å²) in [5.74, 6) is 2.03. The second kappa shape index (κ2) is 11.2. The van der Waals surface area contributed by atoms with Gasteiger partial charge in [0.1, 0.15) is 16.9 Å². The van der Waals surface area contributed by atoms with Crippen LogP contribution >= 0.6 is 11.6 Å². The van der Waals surface area contributed by atoms with Crippen LogP contribution in [0.4, 0.5) is 22.2 Å². The van der Waals surface area contributed by atoms with Gasteiger partial charge in [-0.1, -0.05) is 29.8 Å². The van der Waals surface area contributed by atoms with Crippen molar-refractivity contribution in [3.05, 3.63) is 46.6 Å². The molecule has 1 saturated carbocycles. The maximum absolute atomic E-state index is 11.5. The Bertz CT molecular complexity index is 1250. The second-order valence-corrected chi connectivity index (χ2v) is 11.1. The Kier molecular flexibility index (Phi) is 7.51. The highest BCUT2D eigenvalue weighted by Crippen LogP contribution is 2.43. The van der Waals surface area contributed by atoms with Crippen molar-refractivity contribution in [1.29, 1.82) is 0 Å². The third-order valence-corrected chi connectivity index (χ3v) is 8.75. The maximum Gasteiger partial charge on any atom is 0.404 e. The van der Waals surface area contributed by atoms with Gasteiger partial charge < -0.3 is 30.6 Å². The van der Waals surface area contributed by atoms with E-state index in [-0.39, 0.29) is 24.0 Å². The second-order valence-electron chi connectivity index (χ2n) is 10.7. The summed E-state index contributed by atoms with van der Waals surface area (Å²) in [6.45, 7) is 3.61. The molecule has 2 bridgehead atoms. The van der Waals surface area contributed by atoms with Crippen molar-refractivity contribution in [2.45, 2.75) is 50.3 Å². The molecule has 10 nitrogen and oxygen atoms in total. The summed E-state index contributed by atoms with van der Waals surface area (Å²) >= 11 is 6.48. The lowest BCUT2D eigenvalue weighted by Gasteiger charge is -2.34. The molecule has 0 radical (unpaired) electrons. The van der Waals surface area contributed by atoms with Gasteiger partial charge in [0.05, 0.1) is 38.2 Å². The Morgan fingerprint density at radius 1 is 1.23 bits per heavy atom. The minimum absolute atomic E-state index is 0.130. The van der Waals surface area contributed by atoms with Gasteiger partial charge in [-0.15, -0.1) is 0 Å². The first kappa shape index (κ1) is 26.2. The molecule has 1 aromatic carbocycles. The number of aromatic nitrogens is 2. The quantitative estimate of drug-likeness (QED) is 0.345. The van der Waals surface area contributed by atoms with E-state index in [0.29, 0.717) is 22.8 Å². The number of morpholine rings is 1. The SMILES string of the molecule is COc1c(Nc2ncc(Cl)c(N[C@H]3[C@@H](OC(N)=O)[C@@H]4C=C[C@H]3C4)n2)ccc2c1CCCC(N1CCOCC1)C2. The van der Waals surface area contributed by atoms with Gasteiger partial charge in [-0.2, -0.15) is 4.98 Å². The lowest BCUT2D eigenvalue weighted by molar-refractivity contribution is 0.0149. The number of nitrogens with one attached hydrogen (secondary N) is 2. The molecule has 39 heavy (non-hydrogen) atoms. The molecule has 1 aromatic heterocycles. The van der Waals surface area contributed by atoms with E-state index in [1.54, 1.807) is 13.3 Å². The molecular formula is C28H35ClN6O4. The van der Waals surface area contributed by atoms with Gasteiger partial charge in [-0.25, -0.2) is 9.78 Å². The number of carbonyl (C=O) groups excluding carboxylic acids is 1. The average molecular weight is 555 g/mol. The Hall–Kier alpha value is -3.08. The Morgan fingerprint density at radius 3 is 2.85 bits per heavy atom. The van der Waals surface area contributed by atoms with E-state index in [9.17, 15) is 4.79 Å². The number of anilines is 3. The van der Waals surface area contributed by atoms with Crippen LogP contribution in [0.1, 0.15) is 30.4 Å². The minimum atomic E-state index is -0.782. The lowest BCUT2D eigenvalue weighted by atomic mass is 9.98. The van der Waals surface area contributed by atoms with Crippen LogP contribution in [-0.4, -0.2) is 72.6 Å². The predicted octanol–water partition coefficient (Wildman–Crippen LogP) is 3.91. The fourth-order valence-corrected chi connectivity index (χ4v) is 6.80. The van der Waals surface area contributed by atoms with E-state index in [1.165, 1.54) is 11.1 Å². The zero-order chi connectivity index (χ0) is 26.9. The molecule has 4 N–H and O–H groups in total. The number of fused-ring (bicyclic) bond motifs is 3. The number of hydrogen-bond acceptors (Lipinski definition) is 9. The van der Waals surface area contributed by atoms with Crippen molar-refractivity contribution < 1.29 is 19.0 Å². The third kappa shape index (κ3) is 5.37. The van der Waals surface area contributed by atoms with Crippen molar-refractivity contribution in [3.63, 3.8) is 0 Å². The van der Waals surface area contributed by atoms with Crippen molar-refractivity contribution in [1.82, 2.24) is 14.9 Å².